The lowest BCUT2D eigenvalue weighted by molar-refractivity contribution is 0.0945. The summed E-state index contributed by atoms with van der Waals surface area (Å²) < 4.78 is 15.7. The van der Waals surface area contributed by atoms with Crippen molar-refractivity contribution in [2.24, 2.45) is 12.8 Å². The van der Waals surface area contributed by atoms with Crippen molar-refractivity contribution in [1.82, 2.24) is 14.9 Å². The maximum atomic E-state index is 13.9. The lowest BCUT2D eigenvalue weighted by atomic mass is 10.1. The Kier molecular flexibility index (Phi) is 4.69. The molecule has 0 saturated heterocycles. The minimum atomic E-state index is -0.615. The molecule has 21 heavy (non-hydrogen) atoms. The van der Waals surface area contributed by atoms with Gasteiger partial charge in [-0.2, -0.15) is 0 Å². The van der Waals surface area contributed by atoms with Crippen LogP contribution in [0.3, 0.4) is 0 Å². The van der Waals surface area contributed by atoms with E-state index in [-0.39, 0.29) is 18.7 Å². The number of benzene rings is 1. The summed E-state index contributed by atoms with van der Waals surface area (Å²) in [5.74, 6) is 4.93. The molecule has 0 aliphatic heterocycles. The molecule has 0 fully saturated rings. The number of halogens is 1. The van der Waals surface area contributed by atoms with Crippen LogP contribution >= 0.6 is 0 Å². The number of nitrogens with one attached hydrogen (secondary N) is 1. The predicted molar refractivity (Wildman–Crippen MR) is 76.7 cm³/mol. The fraction of sp³-hybridized carbons (Fsp3) is 0.200. The fourth-order valence-electron chi connectivity index (χ4n) is 1.75. The Labute approximate surface area is 122 Å². The third-order valence-electron chi connectivity index (χ3n) is 2.88. The first kappa shape index (κ1) is 14.8. The van der Waals surface area contributed by atoms with Crippen molar-refractivity contribution in [3.05, 3.63) is 53.4 Å². The quantitative estimate of drug-likeness (QED) is 0.820. The molecular formula is C15H15FN4O. The number of nitrogens with zero attached hydrogens (tertiary/aromatic N) is 2. The number of hydrogen-bond donors (Lipinski definition) is 2. The predicted octanol–water partition coefficient (Wildman–Crippen LogP) is 0.799. The smallest absolute Gasteiger partial charge is 0.254 e. The normalized spacial score (nSPS) is 9.86. The largest absolute Gasteiger partial charge is 0.345 e. The Bertz CT molecular complexity index is 712. The molecule has 0 saturated carbocycles. The van der Waals surface area contributed by atoms with Gasteiger partial charge >= 0.3 is 0 Å². The zero-order chi connectivity index (χ0) is 15.2. The highest BCUT2D eigenvalue weighted by atomic mass is 19.1. The molecule has 6 heteroatoms. The summed E-state index contributed by atoms with van der Waals surface area (Å²) in [4.78, 5) is 16.0. The Morgan fingerprint density at radius 3 is 2.95 bits per heavy atom. The molecule has 3 N–H and O–H groups in total. The van der Waals surface area contributed by atoms with Gasteiger partial charge in [0.1, 0.15) is 11.6 Å². The van der Waals surface area contributed by atoms with E-state index in [9.17, 15) is 9.18 Å². The minimum Gasteiger partial charge on any atom is -0.345 e. The van der Waals surface area contributed by atoms with Crippen molar-refractivity contribution in [3.8, 4) is 11.8 Å². The van der Waals surface area contributed by atoms with Crippen molar-refractivity contribution in [2.75, 3.05) is 6.54 Å². The second kappa shape index (κ2) is 6.68. The number of imidazole rings is 1. The SMILES string of the molecule is Cn1ccnc1CNC(=O)c1ccc(C#CCN)cc1F. The number of amides is 1. The lowest BCUT2D eigenvalue weighted by Crippen LogP contribution is -2.25. The van der Waals surface area contributed by atoms with Gasteiger partial charge in [-0.1, -0.05) is 11.8 Å². The van der Waals surface area contributed by atoms with E-state index in [1.54, 1.807) is 23.0 Å². The third kappa shape index (κ3) is 3.68. The van der Waals surface area contributed by atoms with Gasteiger partial charge in [-0.25, -0.2) is 9.37 Å². The van der Waals surface area contributed by atoms with Gasteiger partial charge in [-0.15, -0.1) is 0 Å². The molecule has 0 aliphatic carbocycles. The molecular weight excluding hydrogens is 271 g/mol. The van der Waals surface area contributed by atoms with Crippen LogP contribution in [0.1, 0.15) is 21.7 Å². The van der Waals surface area contributed by atoms with Crippen molar-refractivity contribution in [2.45, 2.75) is 6.54 Å². The molecule has 0 radical (unpaired) electrons. The van der Waals surface area contributed by atoms with E-state index in [0.29, 0.717) is 11.4 Å². The second-order valence-corrected chi connectivity index (χ2v) is 4.34. The van der Waals surface area contributed by atoms with E-state index in [2.05, 4.69) is 22.1 Å². The van der Waals surface area contributed by atoms with Gasteiger partial charge < -0.3 is 15.6 Å². The minimum absolute atomic E-state index is 0.0255. The molecule has 1 aromatic heterocycles. The summed E-state index contributed by atoms with van der Waals surface area (Å²) in [6.07, 6.45) is 3.40. The number of aryl methyl sites for hydroxylation is 1. The summed E-state index contributed by atoms with van der Waals surface area (Å²) in [5, 5.41) is 2.63. The summed E-state index contributed by atoms with van der Waals surface area (Å²) in [6, 6.07) is 4.21. The van der Waals surface area contributed by atoms with E-state index in [1.807, 2.05) is 7.05 Å². The summed E-state index contributed by atoms with van der Waals surface area (Å²) >= 11 is 0. The van der Waals surface area contributed by atoms with Gasteiger partial charge in [0.15, 0.2) is 0 Å². The van der Waals surface area contributed by atoms with Crippen LogP contribution in [-0.2, 0) is 13.6 Å². The maximum Gasteiger partial charge on any atom is 0.254 e. The third-order valence-corrected chi connectivity index (χ3v) is 2.88. The van der Waals surface area contributed by atoms with Crippen LogP contribution in [0.2, 0.25) is 0 Å². The molecule has 108 valence electrons. The highest BCUT2D eigenvalue weighted by molar-refractivity contribution is 5.94. The molecule has 2 rings (SSSR count). The molecule has 1 heterocycles. The van der Waals surface area contributed by atoms with Crippen LogP contribution in [0.25, 0.3) is 0 Å². The van der Waals surface area contributed by atoms with Gasteiger partial charge in [0.25, 0.3) is 5.91 Å². The van der Waals surface area contributed by atoms with Gasteiger partial charge in [0, 0.05) is 25.0 Å². The number of aromatic nitrogens is 2. The maximum absolute atomic E-state index is 13.9. The van der Waals surface area contributed by atoms with Crippen molar-refractivity contribution in [1.29, 1.82) is 0 Å². The van der Waals surface area contributed by atoms with Crippen LogP contribution in [0.5, 0.6) is 0 Å². The van der Waals surface area contributed by atoms with Crippen LogP contribution in [0.15, 0.2) is 30.6 Å². The summed E-state index contributed by atoms with van der Waals surface area (Å²) in [5.41, 5.74) is 5.71. The molecule has 0 unspecified atom stereocenters. The molecule has 5 nitrogen and oxygen atoms in total. The second-order valence-electron chi connectivity index (χ2n) is 4.34. The average Bonchev–Trinajstić information content (AvgIpc) is 2.88. The van der Waals surface area contributed by atoms with Crippen LogP contribution in [0, 0.1) is 17.7 Å². The van der Waals surface area contributed by atoms with Crippen LogP contribution < -0.4 is 11.1 Å². The molecule has 2 aromatic rings. The Morgan fingerprint density at radius 1 is 1.52 bits per heavy atom. The lowest BCUT2D eigenvalue weighted by Gasteiger charge is -2.06. The Hall–Kier alpha value is -2.65. The number of carbonyl (C=O) groups is 1. The number of nitrogens with two attached hydrogens (primary N) is 1. The number of rotatable bonds is 3. The van der Waals surface area contributed by atoms with Gasteiger partial charge in [-0.05, 0) is 18.2 Å². The van der Waals surface area contributed by atoms with Crippen molar-refractivity contribution in [3.63, 3.8) is 0 Å². The first-order valence-corrected chi connectivity index (χ1v) is 6.34. The summed E-state index contributed by atoms with van der Waals surface area (Å²) in [7, 11) is 1.82. The zero-order valence-corrected chi connectivity index (χ0v) is 11.6. The topological polar surface area (TPSA) is 72.9 Å². The van der Waals surface area contributed by atoms with Crippen molar-refractivity contribution < 1.29 is 9.18 Å². The highest BCUT2D eigenvalue weighted by Gasteiger charge is 2.12. The zero-order valence-electron chi connectivity index (χ0n) is 11.6. The fourth-order valence-corrected chi connectivity index (χ4v) is 1.75. The highest BCUT2D eigenvalue weighted by Crippen LogP contribution is 2.10. The van der Waals surface area contributed by atoms with Crippen molar-refractivity contribution >= 4 is 5.91 Å². The monoisotopic (exact) mass is 286 g/mol. The Morgan fingerprint density at radius 2 is 2.33 bits per heavy atom. The van der Waals surface area contributed by atoms with Gasteiger partial charge in [0.05, 0.1) is 18.7 Å². The first-order chi connectivity index (χ1) is 10.1. The molecule has 0 atom stereocenters. The Balaban J connectivity index is 2.07. The summed E-state index contributed by atoms with van der Waals surface area (Å²) in [6.45, 7) is 0.435. The molecule has 1 aromatic carbocycles. The van der Waals surface area contributed by atoms with Gasteiger partial charge in [0.2, 0.25) is 0 Å². The van der Waals surface area contributed by atoms with Crippen LogP contribution in [0.4, 0.5) is 4.39 Å². The number of hydrogen-bond acceptors (Lipinski definition) is 3. The van der Waals surface area contributed by atoms with Gasteiger partial charge in [-0.3, -0.25) is 4.79 Å². The first-order valence-electron chi connectivity index (χ1n) is 6.34. The average molecular weight is 286 g/mol. The molecule has 0 bridgehead atoms. The van der Waals surface area contributed by atoms with E-state index < -0.39 is 11.7 Å². The molecule has 0 aliphatic rings. The van der Waals surface area contributed by atoms with E-state index in [4.69, 9.17) is 5.73 Å². The molecule has 0 spiro atoms. The van der Waals surface area contributed by atoms with Crippen LogP contribution in [-0.4, -0.2) is 22.0 Å². The standard InChI is InChI=1S/C15H15FN4O/c1-20-8-7-18-14(20)10-19-15(21)12-5-4-11(3-2-6-17)9-13(12)16/h4-5,7-9H,6,10,17H2,1H3,(H,19,21). The number of carbonyl (C=O) groups excluding carboxylic acids is 1. The molecule has 1 amide bonds. The van der Waals surface area contributed by atoms with E-state index in [0.717, 1.165) is 0 Å². The van der Waals surface area contributed by atoms with E-state index >= 15 is 0 Å². The van der Waals surface area contributed by atoms with E-state index in [1.165, 1.54) is 12.1 Å².